The molecule has 3 aliphatic rings. The molecule has 0 atom stereocenters. The Bertz CT molecular complexity index is 788. The highest BCUT2D eigenvalue weighted by Gasteiger charge is 2.24. The molecule has 0 amide bonds. The second-order valence-electron chi connectivity index (χ2n) is 6.77. The third kappa shape index (κ3) is 2.84. The maximum atomic E-state index is 14.3. The van der Waals surface area contributed by atoms with E-state index >= 15 is 0 Å². The molecule has 2 aliphatic heterocycles. The van der Waals surface area contributed by atoms with E-state index in [2.05, 4.69) is 35.8 Å². The van der Waals surface area contributed by atoms with E-state index in [9.17, 15) is 4.39 Å². The minimum absolute atomic E-state index is 0.151. The summed E-state index contributed by atoms with van der Waals surface area (Å²) in [4.78, 5) is 0. The quantitative estimate of drug-likeness (QED) is 0.744. The van der Waals surface area contributed by atoms with Crippen molar-refractivity contribution in [1.82, 2.24) is 10.6 Å². The number of benzene rings is 1. The lowest BCUT2D eigenvalue weighted by Gasteiger charge is -2.29. The van der Waals surface area contributed by atoms with E-state index in [1.165, 1.54) is 33.5 Å². The first-order valence-corrected chi connectivity index (χ1v) is 8.76. The van der Waals surface area contributed by atoms with Gasteiger partial charge in [-0.05, 0) is 61.7 Å². The van der Waals surface area contributed by atoms with Gasteiger partial charge in [-0.2, -0.15) is 0 Å². The molecule has 124 valence electrons. The van der Waals surface area contributed by atoms with Gasteiger partial charge in [-0.1, -0.05) is 35.4 Å². The summed E-state index contributed by atoms with van der Waals surface area (Å²) in [5.74, 6) is -0.151. The average molecular weight is 322 g/mol. The van der Waals surface area contributed by atoms with Crippen LogP contribution in [-0.4, -0.2) is 13.1 Å². The Kier molecular flexibility index (Phi) is 4.11. The molecule has 0 saturated carbocycles. The van der Waals surface area contributed by atoms with Gasteiger partial charge in [0.15, 0.2) is 0 Å². The van der Waals surface area contributed by atoms with Crippen LogP contribution in [0, 0.1) is 6.92 Å². The van der Waals surface area contributed by atoms with Gasteiger partial charge in [0.2, 0.25) is 0 Å². The van der Waals surface area contributed by atoms with Gasteiger partial charge in [-0.25, -0.2) is 4.39 Å². The number of hydrogen-bond donors (Lipinski definition) is 2. The van der Waals surface area contributed by atoms with Crippen molar-refractivity contribution in [3.63, 3.8) is 0 Å². The fourth-order valence-corrected chi connectivity index (χ4v) is 3.87. The van der Waals surface area contributed by atoms with Crippen LogP contribution >= 0.6 is 0 Å². The predicted octanol–water partition coefficient (Wildman–Crippen LogP) is 4.30. The number of halogens is 1. The Hall–Kier alpha value is -2.13. The lowest BCUT2D eigenvalue weighted by atomic mass is 9.83. The van der Waals surface area contributed by atoms with Crippen LogP contribution in [0.15, 0.2) is 59.1 Å². The molecule has 3 heteroatoms. The van der Waals surface area contributed by atoms with Crippen LogP contribution in [0.25, 0.3) is 5.57 Å². The standard InChI is InChI=1S/C21H23FN2/c1-14-5-6-18-16(11-14)13-24-20-4-2-3-17(22)12-19(21(18)20)15-7-9-23-10-8-15/h2-3,5-6,11-12,23-24H,4,7-10,13H2,1H3/b3-2-,17-12+. The smallest absolute Gasteiger partial charge is 0.123 e. The van der Waals surface area contributed by atoms with E-state index in [1.807, 2.05) is 6.08 Å². The molecule has 2 N–H and O–H groups in total. The lowest BCUT2D eigenvalue weighted by Crippen LogP contribution is -2.26. The summed E-state index contributed by atoms with van der Waals surface area (Å²) in [6.45, 7) is 4.92. The molecule has 1 saturated heterocycles. The van der Waals surface area contributed by atoms with Crippen molar-refractivity contribution in [3.05, 3.63) is 75.8 Å². The summed E-state index contributed by atoms with van der Waals surface area (Å²) < 4.78 is 14.3. The van der Waals surface area contributed by atoms with Gasteiger partial charge in [0.25, 0.3) is 0 Å². The zero-order valence-corrected chi connectivity index (χ0v) is 14.1. The molecule has 1 aromatic carbocycles. The fourth-order valence-electron chi connectivity index (χ4n) is 3.87. The highest BCUT2D eigenvalue weighted by atomic mass is 19.1. The van der Waals surface area contributed by atoms with Crippen LogP contribution in [0.4, 0.5) is 4.39 Å². The Balaban J connectivity index is 1.94. The van der Waals surface area contributed by atoms with Gasteiger partial charge in [0.1, 0.15) is 5.83 Å². The molecule has 0 aromatic heterocycles. The Labute approximate surface area is 142 Å². The van der Waals surface area contributed by atoms with Crippen molar-refractivity contribution in [1.29, 1.82) is 0 Å². The van der Waals surface area contributed by atoms with Gasteiger partial charge in [-0.3, -0.25) is 0 Å². The summed E-state index contributed by atoms with van der Waals surface area (Å²) in [6, 6.07) is 6.61. The zero-order chi connectivity index (χ0) is 16.5. The largest absolute Gasteiger partial charge is 0.383 e. The molecule has 1 fully saturated rings. The van der Waals surface area contributed by atoms with Crippen LogP contribution in [0.5, 0.6) is 0 Å². The maximum Gasteiger partial charge on any atom is 0.123 e. The van der Waals surface area contributed by atoms with Crippen molar-refractivity contribution < 1.29 is 4.39 Å². The topological polar surface area (TPSA) is 24.1 Å². The zero-order valence-electron chi connectivity index (χ0n) is 14.1. The van der Waals surface area contributed by atoms with E-state index < -0.39 is 0 Å². The molecular formula is C21H23FN2. The van der Waals surface area contributed by atoms with E-state index in [0.29, 0.717) is 0 Å². The lowest BCUT2D eigenvalue weighted by molar-refractivity contribution is 0.606. The SMILES string of the molecule is Cc1ccc2c(c1)CNC1=C2C(=C2CCNCC2)/C=C(F)\C=C/C1. The normalized spacial score (nSPS) is 24.2. The first-order valence-electron chi connectivity index (χ1n) is 8.76. The van der Waals surface area contributed by atoms with E-state index in [4.69, 9.17) is 0 Å². The molecule has 0 bridgehead atoms. The third-order valence-corrected chi connectivity index (χ3v) is 5.06. The van der Waals surface area contributed by atoms with E-state index in [1.54, 1.807) is 12.2 Å². The first-order chi connectivity index (χ1) is 11.7. The fraction of sp³-hybridized carbons (Fsp3) is 0.333. The molecule has 1 aliphatic carbocycles. The number of piperidine rings is 1. The number of allylic oxidation sites excluding steroid dienone is 6. The second-order valence-corrected chi connectivity index (χ2v) is 6.77. The van der Waals surface area contributed by atoms with Crippen molar-refractivity contribution in [3.8, 4) is 0 Å². The van der Waals surface area contributed by atoms with Crippen LogP contribution < -0.4 is 10.6 Å². The number of rotatable bonds is 0. The first kappa shape index (κ1) is 15.4. The van der Waals surface area contributed by atoms with Crippen LogP contribution in [0.2, 0.25) is 0 Å². The van der Waals surface area contributed by atoms with Crippen LogP contribution in [0.3, 0.4) is 0 Å². The average Bonchev–Trinajstić information content (AvgIpc) is 2.59. The van der Waals surface area contributed by atoms with Crippen molar-refractivity contribution >= 4 is 5.57 Å². The van der Waals surface area contributed by atoms with Crippen molar-refractivity contribution in [2.45, 2.75) is 32.7 Å². The van der Waals surface area contributed by atoms with Crippen LogP contribution in [0.1, 0.15) is 36.0 Å². The molecule has 0 spiro atoms. The highest BCUT2D eigenvalue weighted by Crippen LogP contribution is 2.39. The molecule has 2 heterocycles. The highest BCUT2D eigenvalue weighted by molar-refractivity contribution is 5.87. The predicted molar refractivity (Wildman–Crippen MR) is 97.0 cm³/mol. The van der Waals surface area contributed by atoms with Gasteiger partial charge >= 0.3 is 0 Å². The summed E-state index contributed by atoms with van der Waals surface area (Å²) >= 11 is 0. The second kappa shape index (κ2) is 6.40. The number of nitrogens with one attached hydrogen (secondary N) is 2. The monoisotopic (exact) mass is 322 g/mol. The minimum atomic E-state index is -0.151. The number of aryl methyl sites for hydroxylation is 1. The molecule has 24 heavy (non-hydrogen) atoms. The molecule has 4 rings (SSSR count). The third-order valence-electron chi connectivity index (χ3n) is 5.06. The summed E-state index contributed by atoms with van der Waals surface area (Å²) in [6.07, 6.45) is 7.97. The number of fused-ring (bicyclic) bond motifs is 2. The van der Waals surface area contributed by atoms with Gasteiger partial charge < -0.3 is 10.6 Å². The van der Waals surface area contributed by atoms with Crippen molar-refractivity contribution in [2.24, 2.45) is 0 Å². The van der Waals surface area contributed by atoms with Gasteiger partial charge in [0.05, 0.1) is 0 Å². The maximum absolute atomic E-state index is 14.3. The summed E-state index contributed by atoms with van der Waals surface area (Å²) in [5, 5.41) is 6.98. The Morgan fingerprint density at radius 3 is 2.79 bits per heavy atom. The molecule has 2 nitrogen and oxygen atoms in total. The van der Waals surface area contributed by atoms with Crippen molar-refractivity contribution in [2.75, 3.05) is 13.1 Å². The number of hydrogen-bond acceptors (Lipinski definition) is 2. The van der Waals surface area contributed by atoms with Gasteiger partial charge in [-0.15, -0.1) is 0 Å². The minimum Gasteiger partial charge on any atom is -0.383 e. The van der Waals surface area contributed by atoms with Gasteiger partial charge in [0, 0.05) is 24.2 Å². The van der Waals surface area contributed by atoms with Crippen LogP contribution in [-0.2, 0) is 6.54 Å². The molecule has 0 unspecified atom stereocenters. The molecule has 1 aromatic rings. The molecule has 0 radical (unpaired) electrons. The summed E-state index contributed by atoms with van der Waals surface area (Å²) in [7, 11) is 0. The van der Waals surface area contributed by atoms with E-state index in [0.717, 1.165) is 44.5 Å². The molecular weight excluding hydrogens is 299 g/mol. The Morgan fingerprint density at radius 2 is 1.96 bits per heavy atom. The van der Waals surface area contributed by atoms with E-state index in [-0.39, 0.29) is 5.83 Å². The summed E-state index contributed by atoms with van der Waals surface area (Å²) in [5.41, 5.74) is 8.70. The Morgan fingerprint density at radius 1 is 1.12 bits per heavy atom.